The number of rotatable bonds is 9. The van der Waals surface area contributed by atoms with Crippen LogP contribution in [0.2, 0.25) is 0 Å². The molecule has 0 atom stereocenters. The Kier molecular flexibility index (Phi) is 7.90. The van der Waals surface area contributed by atoms with E-state index in [0.717, 1.165) is 18.2 Å². The highest BCUT2D eigenvalue weighted by Gasteiger charge is 2.31. The van der Waals surface area contributed by atoms with Gasteiger partial charge in [0.1, 0.15) is 29.4 Å². The molecular formula is C23H21F3N2O6. The van der Waals surface area contributed by atoms with Crippen LogP contribution in [-0.4, -0.2) is 44.0 Å². The number of esters is 1. The molecule has 0 saturated carbocycles. The lowest BCUT2D eigenvalue weighted by Gasteiger charge is -2.15. The van der Waals surface area contributed by atoms with Crippen molar-refractivity contribution in [1.82, 2.24) is 5.16 Å². The largest absolute Gasteiger partial charge is 0.489 e. The highest BCUT2D eigenvalue weighted by atomic mass is 19.4. The molecule has 3 rings (SSSR count). The molecule has 0 fully saturated rings. The Morgan fingerprint density at radius 2 is 1.82 bits per heavy atom. The number of amides is 1. The first-order valence-corrected chi connectivity index (χ1v) is 10.0. The van der Waals surface area contributed by atoms with Crippen LogP contribution in [0, 0.1) is 6.92 Å². The number of halogens is 3. The first kappa shape index (κ1) is 24.8. The van der Waals surface area contributed by atoms with E-state index in [-0.39, 0.29) is 41.7 Å². The summed E-state index contributed by atoms with van der Waals surface area (Å²) in [6.07, 6.45) is -4.63. The van der Waals surface area contributed by atoms with Crippen molar-refractivity contribution in [3.63, 3.8) is 0 Å². The summed E-state index contributed by atoms with van der Waals surface area (Å²) in [4.78, 5) is 25.0. The third kappa shape index (κ3) is 6.13. The number of benzene rings is 2. The molecule has 0 bridgehead atoms. The second-order valence-corrected chi connectivity index (χ2v) is 7.00. The van der Waals surface area contributed by atoms with Crippen LogP contribution in [0.1, 0.15) is 21.7 Å². The molecule has 0 unspecified atom stereocenters. The van der Waals surface area contributed by atoms with E-state index in [1.54, 1.807) is 30.3 Å². The van der Waals surface area contributed by atoms with E-state index in [1.165, 1.54) is 14.0 Å². The first-order chi connectivity index (χ1) is 16.2. The number of carbonyl (C=O) groups excluding carboxylic acids is 2. The lowest BCUT2D eigenvalue weighted by Crippen LogP contribution is -2.22. The van der Waals surface area contributed by atoms with Crippen LogP contribution >= 0.6 is 0 Å². The van der Waals surface area contributed by atoms with Gasteiger partial charge in [0.2, 0.25) is 0 Å². The molecular weight excluding hydrogens is 457 g/mol. The Bertz CT molecular complexity index is 1150. The number of methoxy groups -OCH3 is 1. The average molecular weight is 478 g/mol. The van der Waals surface area contributed by atoms with Crippen molar-refractivity contribution >= 4 is 17.6 Å². The second-order valence-electron chi connectivity index (χ2n) is 7.00. The maximum absolute atomic E-state index is 13.1. The summed E-state index contributed by atoms with van der Waals surface area (Å²) in [5, 5.41) is 6.16. The van der Waals surface area contributed by atoms with Gasteiger partial charge in [-0.2, -0.15) is 13.2 Å². The molecule has 2 aromatic carbocycles. The number of aryl methyl sites for hydroxylation is 1. The molecule has 0 radical (unpaired) electrons. The lowest BCUT2D eigenvalue weighted by molar-refractivity contribution is -0.137. The molecule has 11 heteroatoms. The molecule has 0 aliphatic rings. The van der Waals surface area contributed by atoms with E-state index in [0.29, 0.717) is 5.56 Å². The third-order valence-electron chi connectivity index (χ3n) is 4.57. The van der Waals surface area contributed by atoms with Gasteiger partial charge in [-0.1, -0.05) is 35.5 Å². The van der Waals surface area contributed by atoms with Crippen molar-refractivity contribution in [3.8, 4) is 17.0 Å². The fourth-order valence-electron chi connectivity index (χ4n) is 2.96. The molecule has 34 heavy (non-hydrogen) atoms. The highest BCUT2D eigenvalue weighted by molar-refractivity contribution is 5.99. The van der Waals surface area contributed by atoms with Gasteiger partial charge in [-0.25, -0.2) is 4.79 Å². The van der Waals surface area contributed by atoms with Gasteiger partial charge in [-0.3, -0.25) is 4.79 Å². The maximum atomic E-state index is 13.1. The third-order valence-corrected chi connectivity index (χ3v) is 4.57. The number of anilines is 1. The van der Waals surface area contributed by atoms with Crippen LogP contribution in [0.5, 0.6) is 5.75 Å². The van der Waals surface area contributed by atoms with Crippen LogP contribution in [0.4, 0.5) is 18.9 Å². The molecule has 0 aliphatic carbocycles. The van der Waals surface area contributed by atoms with E-state index in [4.69, 9.17) is 18.7 Å². The zero-order chi connectivity index (χ0) is 24.7. The van der Waals surface area contributed by atoms with Crippen molar-refractivity contribution in [2.24, 2.45) is 0 Å². The summed E-state index contributed by atoms with van der Waals surface area (Å²) in [7, 11) is 1.44. The van der Waals surface area contributed by atoms with E-state index in [2.05, 4.69) is 10.5 Å². The number of ether oxygens (including phenoxy) is 3. The number of hydrogen-bond donors (Lipinski definition) is 1. The first-order valence-electron chi connectivity index (χ1n) is 10.0. The summed E-state index contributed by atoms with van der Waals surface area (Å²) in [6, 6.07) is 11.4. The SMILES string of the molecule is COCCOc1ccc(C(F)(F)F)cc1NC(=O)COC(=O)c1c(-c2ccccc2)noc1C. The molecule has 3 aromatic rings. The monoisotopic (exact) mass is 478 g/mol. The van der Waals surface area contributed by atoms with Crippen LogP contribution in [0.25, 0.3) is 11.3 Å². The van der Waals surface area contributed by atoms with Crippen molar-refractivity contribution < 1.29 is 41.5 Å². The standard InChI is InChI=1S/C23H21F3N2O6/c1-14-20(21(28-34-14)15-6-4-3-5-7-15)22(30)33-13-19(29)27-17-12-16(23(24,25)26)8-9-18(17)32-11-10-31-2/h3-9,12H,10-11,13H2,1-2H3,(H,27,29). The summed E-state index contributed by atoms with van der Waals surface area (Å²) >= 11 is 0. The Morgan fingerprint density at radius 1 is 1.09 bits per heavy atom. The van der Waals surface area contributed by atoms with Gasteiger partial charge in [0.25, 0.3) is 5.91 Å². The minimum absolute atomic E-state index is 0.00553. The Balaban J connectivity index is 1.72. The maximum Gasteiger partial charge on any atom is 0.416 e. The number of hydrogen-bond acceptors (Lipinski definition) is 7. The van der Waals surface area contributed by atoms with Crippen molar-refractivity contribution in [2.45, 2.75) is 13.1 Å². The smallest absolute Gasteiger partial charge is 0.416 e. The molecule has 0 spiro atoms. The molecule has 0 saturated heterocycles. The predicted molar refractivity (Wildman–Crippen MR) is 114 cm³/mol. The molecule has 1 N–H and O–H groups in total. The lowest BCUT2D eigenvalue weighted by atomic mass is 10.1. The highest BCUT2D eigenvalue weighted by Crippen LogP contribution is 2.35. The fraction of sp³-hybridized carbons (Fsp3) is 0.261. The zero-order valence-corrected chi connectivity index (χ0v) is 18.3. The summed E-state index contributed by atoms with van der Waals surface area (Å²) in [5.41, 5.74) is -0.306. The zero-order valence-electron chi connectivity index (χ0n) is 18.3. The van der Waals surface area contributed by atoms with Crippen LogP contribution in [0.15, 0.2) is 53.1 Å². The Labute approximate surface area is 192 Å². The van der Waals surface area contributed by atoms with E-state index >= 15 is 0 Å². The van der Waals surface area contributed by atoms with E-state index in [9.17, 15) is 22.8 Å². The Morgan fingerprint density at radius 3 is 2.50 bits per heavy atom. The molecule has 0 aliphatic heterocycles. The number of nitrogens with one attached hydrogen (secondary N) is 1. The molecule has 1 heterocycles. The molecule has 180 valence electrons. The number of nitrogens with zero attached hydrogens (tertiary/aromatic N) is 1. The second kappa shape index (κ2) is 10.8. The van der Waals surface area contributed by atoms with Gasteiger partial charge in [0.15, 0.2) is 6.61 Å². The molecule has 1 aromatic heterocycles. The fourth-order valence-corrected chi connectivity index (χ4v) is 2.96. The van der Waals surface area contributed by atoms with Crippen molar-refractivity contribution in [2.75, 3.05) is 32.2 Å². The van der Waals surface area contributed by atoms with Crippen molar-refractivity contribution in [3.05, 3.63) is 65.4 Å². The van der Waals surface area contributed by atoms with Crippen molar-refractivity contribution in [1.29, 1.82) is 0 Å². The molecule has 8 nitrogen and oxygen atoms in total. The van der Waals surface area contributed by atoms with E-state index in [1.807, 2.05) is 0 Å². The molecule has 1 amide bonds. The summed E-state index contributed by atoms with van der Waals surface area (Å²) in [5.74, 6) is -1.53. The topological polar surface area (TPSA) is 99.9 Å². The van der Waals surface area contributed by atoms with Gasteiger partial charge in [0, 0.05) is 12.7 Å². The van der Waals surface area contributed by atoms with Crippen LogP contribution < -0.4 is 10.1 Å². The number of carbonyl (C=O) groups is 2. The van der Waals surface area contributed by atoms with Crippen LogP contribution in [-0.2, 0) is 20.4 Å². The summed E-state index contributed by atoms with van der Waals surface area (Å²) in [6.45, 7) is 0.996. The number of alkyl halides is 3. The van der Waals surface area contributed by atoms with Gasteiger partial charge >= 0.3 is 12.1 Å². The Hall–Kier alpha value is -3.86. The van der Waals surface area contributed by atoms with Gasteiger partial charge in [-0.15, -0.1) is 0 Å². The van der Waals surface area contributed by atoms with Gasteiger partial charge in [0.05, 0.1) is 17.9 Å². The average Bonchev–Trinajstić information content (AvgIpc) is 3.20. The predicted octanol–water partition coefficient (Wildman–Crippen LogP) is 4.49. The van der Waals surface area contributed by atoms with Gasteiger partial charge < -0.3 is 24.1 Å². The summed E-state index contributed by atoms with van der Waals surface area (Å²) < 4.78 is 59.7. The normalized spacial score (nSPS) is 11.2. The van der Waals surface area contributed by atoms with Gasteiger partial charge in [-0.05, 0) is 25.1 Å². The minimum Gasteiger partial charge on any atom is -0.489 e. The minimum atomic E-state index is -4.63. The number of aromatic nitrogens is 1. The van der Waals surface area contributed by atoms with Crippen LogP contribution in [0.3, 0.4) is 0 Å². The van der Waals surface area contributed by atoms with E-state index < -0.39 is 30.2 Å². The quantitative estimate of drug-likeness (QED) is 0.357.